The molecular weight excluding hydrogens is 460 g/mol. The Balaban J connectivity index is 1.61. The first-order valence-electron chi connectivity index (χ1n) is 12.0. The second-order valence-electron chi connectivity index (χ2n) is 8.73. The van der Waals surface area contributed by atoms with Gasteiger partial charge in [0.15, 0.2) is 0 Å². The molecule has 0 saturated heterocycles. The van der Waals surface area contributed by atoms with E-state index in [0.717, 1.165) is 38.9 Å². The number of carboxylic acids is 1. The molecule has 0 bridgehead atoms. The molecule has 3 N–H and O–H groups in total. The van der Waals surface area contributed by atoms with E-state index in [0.29, 0.717) is 16.9 Å². The van der Waals surface area contributed by atoms with Gasteiger partial charge in [-0.2, -0.15) is 0 Å². The SMILES string of the molecule is O=C(O)c1ccccc1-c1c2ccc(=[NH+]c3ccccc3)cc-2oc2cc(Nc3ccccc3)ccc12. The first-order valence-corrected chi connectivity index (χ1v) is 12.0. The Hall–Kier alpha value is -5.16. The normalized spacial score (nSPS) is 11.6. The van der Waals surface area contributed by atoms with Gasteiger partial charge >= 0.3 is 5.97 Å². The Labute approximate surface area is 213 Å². The zero-order valence-corrected chi connectivity index (χ0v) is 19.8. The van der Waals surface area contributed by atoms with Crippen LogP contribution in [0.1, 0.15) is 10.4 Å². The van der Waals surface area contributed by atoms with Gasteiger partial charge in [-0.15, -0.1) is 0 Å². The minimum atomic E-state index is -0.970. The minimum absolute atomic E-state index is 0.245. The van der Waals surface area contributed by atoms with Gasteiger partial charge in [0, 0.05) is 52.2 Å². The number of fused-ring (bicyclic) bond motifs is 2. The Kier molecular flexibility index (Phi) is 5.71. The van der Waals surface area contributed by atoms with Crippen molar-refractivity contribution in [3.63, 3.8) is 0 Å². The number of carboxylic acid groups (broad SMARTS) is 1. The van der Waals surface area contributed by atoms with Crippen molar-refractivity contribution in [1.29, 1.82) is 0 Å². The van der Waals surface area contributed by atoms with Crippen LogP contribution in [0.5, 0.6) is 0 Å². The molecule has 4 aromatic rings. The maximum atomic E-state index is 12.1. The average Bonchev–Trinajstić information content (AvgIpc) is 2.93. The van der Waals surface area contributed by atoms with Gasteiger partial charge in [0.1, 0.15) is 11.3 Å². The van der Waals surface area contributed by atoms with E-state index in [1.807, 2.05) is 109 Å². The Morgan fingerprint density at radius 1 is 0.703 bits per heavy atom. The molecular formula is C32H23N2O3+. The highest BCUT2D eigenvalue weighted by molar-refractivity contribution is 6.07. The predicted molar refractivity (Wildman–Crippen MR) is 145 cm³/mol. The number of benzene rings is 5. The van der Waals surface area contributed by atoms with Crippen molar-refractivity contribution >= 4 is 34.0 Å². The Bertz CT molecular complexity index is 1770. The molecule has 5 nitrogen and oxygen atoms in total. The molecule has 6 rings (SSSR count). The lowest BCUT2D eigenvalue weighted by atomic mass is 9.90. The van der Waals surface area contributed by atoms with E-state index in [4.69, 9.17) is 4.42 Å². The van der Waals surface area contributed by atoms with Crippen LogP contribution >= 0.6 is 0 Å². The van der Waals surface area contributed by atoms with Gasteiger partial charge in [-0.05, 0) is 42.0 Å². The maximum absolute atomic E-state index is 12.1. The second-order valence-corrected chi connectivity index (χ2v) is 8.73. The van der Waals surface area contributed by atoms with Gasteiger partial charge in [0.25, 0.3) is 0 Å². The van der Waals surface area contributed by atoms with Crippen LogP contribution < -0.4 is 15.7 Å². The van der Waals surface area contributed by atoms with Gasteiger partial charge in [0.2, 0.25) is 11.0 Å². The summed E-state index contributed by atoms with van der Waals surface area (Å²) in [4.78, 5) is 15.5. The van der Waals surface area contributed by atoms with E-state index in [9.17, 15) is 9.90 Å². The molecule has 0 fully saturated rings. The second kappa shape index (κ2) is 9.47. The fourth-order valence-corrected chi connectivity index (χ4v) is 4.60. The third-order valence-electron chi connectivity index (χ3n) is 6.27. The third kappa shape index (κ3) is 4.46. The van der Waals surface area contributed by atoms with Gasteiger partial charge in [-0.3, -0.25) is 0 Å². The number of anilines is 2. The lowest BCUT2D eigenvalue weighted by Crippen LogP contribution is -2.70. The molecule has 0 saturated carbocycles. The van der Waals surface area contributed by atoms with Crippen LogP contribution in [0.4, 0.5) is 17.1 Å². The summed E-state index contributed by atoms with van der Waals surface area (Å²) in [5.74, 6) is -0.317. The van der Waals surface area contributed by atoms with Crippen LogP contribution in [0.25, 0.3) is 33.4 Å². The van der Waals surface area contributed by atoms with Gasteiger partial charge in [-0.1, -0.05) is 54.6 Å². The molecule has 0 atom stereocenters. The largest absolute Gasteiger partial charge is 0.478 e. The molecule has 5 heteroatoms. The monoisotopic (exact) mass is 483 g/mol. The van der Waals surface area contributed by atoms with Crippen LogP contribution in [-0.4, -0.2) is 11.1 Å². The van der Waals surface area contributed by atoms with Crippen LogP contribution in [0.15, 0.2) is 126 Å². The van der Waals surface area contributed by atoms with Crippen molar-refractivity contribution in [2.24, 2.45) is 0 Å². The number of rotatable bonds is 5. The summed E-state index contributed by atoms with van der Waals surface area (Å²) >= 11 is 0. The van der Waals surface area contributed by atoms with Crippen molar-refractivity contribution in [2.75, 3.05) is 5.32 Å². The van der Waals surface area contributed by atoms with Crippen molar-refractivity contribution in [2.45, 2.75) is 0 Å². The highest BCUT2D eigenvalue weighted by Crippen LogP contribution is 2.41. The smallest absolute Gasteiger partial charge is 0.336 e. The van der Waals surface area contributed by atoms with Crippen LogP contribution in [0, 0.1) is 0 Å². The van der Waals surface area contributed by atoms with E-state index >= 15 is 0 Å². The van der Waals surface area contributed by atoms with Gasteiger partial charge in [-0.25, -0.2) is 9.79 Å². The third-order valence-corrected chi connectivity index (χ3v) is 6.27. The average molecular weight is 484 g/mol. The van der Waals surface area contributed by atoms with Crippen molar-refractivity contribution in [3.8, 4) is 22.5 Å². The van der Waals surface area contributed by atoms with Gasteiger partial charge < -0.3 is 14.8 Å². The number of para-hydroxylation sites is 2. The summed E-state index contributed by atoms with van der Waals surface area (Å²) in [7, 11) is 0. The summed E-state index contributed by atoms with van der Waals surface area (Å²) in [6, 6.07) is 38.8. The number of hydrogen-bond acceptors (Lipinski definition) is 3. The van der Waals surface area contributed by atoms with Gasteiger partial charge in [0.05, 0.1) is 11.6 Å². The Morgan fingerprint density at radius 2 is 1.43 bits per heavy atom. The molecule has 0 aromatic heterocycles. The molecule has 4 aromatic carbocycles. The topological polar surface area (TPSA) is 76.4 Å². The molecule has 1 heterocycles. The molecule has 1 aliphatic heterocycles. The molecule has 0 unspecified atom stereocenters. The molecule has 178 valence electrons. The number of nitrogens with one attached hydrogen (secondary N) is 2. The highest BCUT2D eigenvalue weighted by atomic mass is 16.4. The lowest BCUT2D eigenvalue weighted by molar-refractivity contribution is -0.402. The summed E-state index contributed by atoms with van der Waals surface area (Å²) in [5.41, 5.74) is 6.01. The Morgan fingerprint density at radius 3 is 2.22 bits per heavy atom. The number of aromatic carboxylic acids is 1. The molecule has 0 amide bonds. The van der Waals surface area contributed by atoms with Crippen LogP contribution in [0.2, 0.25) is 0 Å². The fourth-order valence-electron chi connectivity index (χ4n) is 4.60. The molecule has 37 heavy (non-hydrogen) atoms. The van der Waals surface area contributed by atoms with E-state index in [-0.39, 0.29) is 5.56 Å². The van der Waals surface area contributed by atoms with E-state index in [1.165, 1.54) is 0 Å². The summed E-state index contributed by atoms with van der Waals surface area (Å²) in [6.07, 6.45) is 0. The molecule has 0 radical (unpaired) electrons. The van der Waals surface area contributed by atoms with Crippen LogP contribution in [-0.2, 0) is 0 Å². The predicted octanol–water partition coefficient (Wildman–Crippen LogP) is 5.96. The zero-order chi connectivity index (χ0) is 25.2. The van der Waals surface area contributed by atoms with E-state index in [1.54, 1.807) is 12.1 Å². The molecule has 0 spiro atoms. The summed E-state index contributed by atoms with van der Waals surface area (Å²) in [6.45, 7) is 0. The first-order chi connectivity index (χ1) is 18.2. The van der Waals surface area contributed by atoms with Crippen molar-refractivity contribution < 1.29 is 19.3 Å². The summed E-state index contributed by atoms with van der Waals surface area (Å²) < 4.78 is 6.44. The lowest BCUT2D eigenvalue weighted by Gasteiger charge is -2.17. The summed E-state index contributed by atoms with van der Waals surface area (Å²) in [5, 5.41) is 15.1. The van der Waals surface area contributed by atoms with Crippen molar-refractivity contribution in [1.82, 2.24) is 0 Å². The first kappa shape index (κ1) is 22.3. The standard InChI is InChI=1S/C32H22N2O3/c35-32(36)26-14-8-7-13-25(26)31-27-17-15-23(33-21-9-3-1-4-10-21)19-29(27)37-30-20-24(16-18-28(30)31)34-22-11-5-2-6-12-22/h1-20,33H,(H,35,36)/p+1. The number of hydrogen-bond donors (Lipinski definition) is 3. The van der Waals surface area contributed by atoms with Crippen molar-refractivity contribution in [3.05, 3.63) is 132 Å². The van der Waals surface area contributed by atoms with Crippen LogP contribution in [0.3, 0.4) is 0 Å². The highest BCUT2D eigenvalue weighted by Gasteiger charge is 2.21. The fraction of sp³-hybridized carbons (Fsp3) is 0. The van der Waals surface area contributed by atoms with E-state index in [2.05, 4.69) is 10.3 Å². The molecule has 1 aliphatic carbocycles. The van der Waals surface area contributed by atoms with E-state index < -0.39 is 5.97 Å². The maximum Gasteiger partial charge on any atom is 0.336 e. The number of carbonyl (C=O) groups is 1. The quantitative estimate of drug-likeness (QED) is 0.265. The zero-order valence-electron chi connectivity index (χ0n) is 19.8. The molecule has 2 aliphatic rings. The minimum Gasteiger partial charge on any atom is -0.478 e.